The van der Waals surface area contributed by atoms with Crippen LogP contribution in [0.1, 0.15) is 11.3 Å². The lowest BCUT2D eigenvalue weighted by Gasteiger charge is -2.04. The molecule has 0 aliphatic carbocycles. The summed E-state index contributed by atoms with van der Waals surface area (Å²) in [6.07, 6.45) is 1.66. The van der Waals surface area contributed by atoms with Crippen LogP contribution in [-0.2, 0) is 13.2 Å². The second-order valence-electron chi connectivity index (χ2n) is 3.67. The second kappa shape index (κ2) is 5.50. The number of rotatable bonds is 5. The molecule has 0 radical (unpaired) electrons. The van der Waals surface area contributed by atoms with E-state index in [9.17, 15) is 4.39 Å². The van der Waals surface area contributed by atoms with E-state index in [1.54, 1.807) is 24.5 Å². The van der Waals surface area contributed by atoms with Crippen molar-refractivity contribution in [3.63, 3.8) is 0 Å². The Hall–Kier alpha value is -1.81. The zero-order valence-corrected chi connectivity index (χ0v) is 9.57. The van der Waals surface area contributed by atoms with E-state index >= 15 is 0 Å². The van der Waals surface area contributed by atoms with Crippen molar-refractivity contribution in [2.75, 3.05) is 7.05 Å². The van der Waals surface area contributed by atoms with Gasteiger partial charge in [0.15, 0.2) is 11.6 Å². The first-order chi connectivity index (χ1) is 8.29. The van der Waals surface area contributed by atoms with Crippen LogP contribution < -0.4 is 10.1 Å². The molecular formula is C13H14FNO2. The minimum Gasteiger partial charge on any atom is -0.483 e. The van der Waals surface area contributed by atoms with Crippen molar-refractivity contribution in [3.8, 4) is 5.75 Å². The monoisotopic (exact) mass is 235 g/mol. The standard InChI is InChI=1S/C13H14FNO2/c1-15-7-10-6-11(16-8-10)9-17-13-5-3-2-4-12(13)14/h2-6,8,15H,7,9H2,1H3. The molecule has 0 unspecified atom stereocenters. The molecule has 0 aliphatic heterocycles. The first-order valence-electron chi connectivity index (χ1n) is 5.38. The van der Waals surface area contributed by atoms with Crippen LogP contribution in [0.2, 0.25) is 0 Å². The lowest BCUT2D eigenvalue weighted by Crippen LogP contribution is -2.03. The van der Waals surface area contributed by atoms with Gasteiger partial charge in [0.2, 0.25) is 0 Å². The minimum atomic E-state index is -0.366. The maximum Gasteiger partial charge on any atom is 0.165 e. The number of halogens is 1. The third-order valence-electron chi connectivity index (χ3n) is 2.30. The van der Waals surface area contributed by atoms with Crippen LogP contribution in [0.3, 0.4) is 0 Å². The zero-order chi connectivity index (χ0) is 12.1. The highest BCUT2D eigenvalue weighted by molar-refractivity contribution is 5.24. The molecule has 0 amide bonds. The summed E-state index contributed by atoms with van der Waals surface area (Å²) in [5, 5.41) is 3.02. The van der Waals surface area contributed by atoms with Gasteiger partial charge < -0.3 is 14.5 Å². The van der Waals surface area contributed by atoms with Crippen LogP contribution in [0.5, 0.6) is 5.75 Å². The second-order valence-corrected chi connectivity index (χ2v) is 3.67. The summed E-state index contributed by atoms with van der Waals surface area (Å²) < 4.78 is 23.9. The predicted octanol–water partition coefficient (Wildman–Crippen LogP) is 2.72. The number of benzene rings is 1. The minimum absolute atomic E-state index is 0.227. The van der Waals surface area contributed by atoms with Gasteiger partial charge in [0.25, 0.3) is 0 Å². The van der Waals surface area contributed by atoms with Crippen molar-refractivity contribution in [3.05, 3.63) is 53.7 Å². The number of ether oxygens (including phenoxy) is 1. The largest absolute Gasteiger partial charge is 0.483 e. The van der Waals surface area contributed by atoms with Gasteiger partial charge in [-0.2, -0.15) is 0 Å². The van der Waals surface area contributed by atoms with Crippen LogP contribution in [0.15, 0.2) is 41.0 Å². The zero-order valence-electron chi connectivity index (χ0n) is 9.57. The highest BCUT2D eigenvalue weighted by Gasteiger charge is 2.05. The molecule has 0 fully saturated rings. The van der Waals surface area contributed by atoms with Crippen LogP contribution in [0.25, 0.3) is 0 Å². The van der Waals surface area contributed by atoms with E-state index in [2.05, 4.69) is 5.32 Å². The van der Waals surface area contributed by atoms with Crippen LogP contribution >= 0.6 is 0 Å². The summed E-state index contributed by atoms with van der Waals surface area (Å²) in [4.78, 5) is 0. The molecule has 90 valence electrons. The predicted molar refractivity (Wildman–Crippen MR) is 62.2 cm³/mol. The van der Waals surface area contributed by atoms with E-state index in [0.717, 1.165) is 12.1 Å². The van der Waals surface area contributed by atoms with Gasteiger partial charge in [-0.15, -0.1) is 0 Å². The number of furan rings is 1. The molecule has 2 rings (SSSR count). The van der Waals surface area contributed by atoms with Gasteiger partial charge in [0, 0.05) is 12.1 Å². The molecule has 0 bridgehead atoms. The Morgan fingerprint density at radius 3 is 2.94 bits per heavy atom. The third kappa shape index (κ3) is 3.07. The fourth-order valence-corrected chi connectivity index (χ4v) is 1.51. The highest BCUT2D eigenvalue weighted by atomic mass is 19.1. The SMILES string of the molecule is CNCc1coc(COc2ccccc2F)c1. The van der Waals surface area contributed by atoms with Crippen molar-refractivity contribution in [2.45, 2.75) is 13.2 Å². The molecule has 1 aromatic heterocycles. The van der Waals surface area contributed by atoms with Gasteiger partial charge in [0.1, 0.15) is 12.4 Å². The fraction of sp³-hybridized carbons (Fsp3) is 0.231. The van der Waals surface area contributed by atoms with Gasteiger partial charge in [-0.1, -0.05) is 12.1 Å². The van der Waals surface area contributed by atoms with Gasteiger partial charge in [-0.3, -0.25) is 0 Å². The van der Waals surface area contributed by atoms with Crippen molar-refractivity contribution < 1.29 is 13.5 Å². The van der Waals surface area contributed by atoms with Crippen LogP contribution in [0, 0.1) is 5.82 Å². The molecule has 0 saturated carbocycles. The Morgan fingerprint density at radius 2 is 2.18 bits per heavy atom. The molecule has 4 heteroatoms. The van der Waals surface area contributed by atoms with Crippen molar-refractivity contribution in [1.82, 2.24) is 5.32 Å². The van der Waals surface area contributed by atoms with E-state index in [1.165, 1.54) is 6.07 Å². The molecular weight excluding hydrogens is 221 g/mol. The molecule has 1 aromatic carbocycles. The maximum atomic E-state index is 13.3. The summed E-state index contributed by atoms with van der Waals surface area (Å²) in [5.41, 5.74) is 1.04. The topological polar surface area (TPSA) is 34.4 Å². The number of hydrogen-bond donors (Lipinski definition) is 1. The molecule has 1 heterocycles. The number of nitrogens with one attached hydrogen (secondary N) is 1. The summed E-state index contributed by atoms with van der Waals surface area (Å²) in [6, 6.07) is 8.20. The molecule has 0 spiro atoms. The summed E-state index contributed by atoms with van der Waals surface area (Å²) in [7, 11) is 1.86. The number of para-hydroxylation sites is 1. The summed E-state index contributed by atoms with van der Waals surface area (Å²) in [6.45, 7) is 0.966. The quantitative estimate of drug-likeness (QED) is 0.865. The van der Waals surface area contributed by atoms with Gasteiger partial charge in [-0.05, 0) is 25.2 Å². The molecule has 17 heavy (non-hydrogen) atoms. The van der Waals surface area contributed by atoms with E-state index in [-0.39, 0.29) is 18.2 Å². The normalized spacial score (nSPS) is 10.5. The Balaban J connectivity index is 1.95. The average molecular weight is 235 g/mol. The van der Waals surface area contributed by atoms with E-state index in [0.29, 0.717) is 5.76 Å². The molecule has 1 N–H and O–H groups in total. The first-order valence-corrected chi connectivity index (χ1v) is 5.38. The lowest BCUT2D eigenvalue weighted by atomic mass is 10.3. The van der Waals surface area contributed by atoms with Crippen molar-refractivity contribution in [1.29, 1.82) is 0 Å². The van der Waals surface area contributed by atoms with Crippen LogP contribution in [-0.4, -0.2) is 7.05 Å². The summed E-state index contributed by atoms with van der Waals surface area (Å²) in [5.74, 6) is 0.548. The average Bonchev–Trinajstić information content (AvgIpc) is 2.76. The number of hydrogen-bond acceptors (Lipinski definition) is 3. The smallest absolute Gasteiger partial charge is 0.165 e. The Labute approximate surface area is 99.2 Å². The molecule has 0 aliphatic rings. The Kier molecular flexibility index (Phi) is 3.77. The summed E-state index contributed by atoms with van der Waals surface area (Å²) >= 11 is 0. The van der Waals surface area contributed by atoms with E-state index in [1.807, 2.05) is 13.1 Å². The maximum absolute atomic E-state index is 13.3. The van der Waals surface area contributed by atoms with Gasteiger partial charge >= 0.3 is 0 Å². The highest BCUT2D eigenvalue weighted by Crippen LogP contribution is 2.17. The molecule has 0 saturated heterocycles. The van der Waals surface area contributed by atoms with E-state index < -0.39 is 0 Å². The van der Waals surface area contributed by atoms with Gasteiger partial charge in [0.05, 0.1) is 6.26 Å². The lowest BCUT2D eigenvalue weighted by molar-refractivity contribution is 0.258. The molecule has 3 nitrogen and oxygen atoms in total. The fourth-order valence-electron chi connectivity index (χ4n) is 1.51. The third-order valence-corrected chi connectivity index (χ3v) is 2.30. The van der Waals surface area contributed by atoms with Gasteiger partial charge in [-0.25, -0.2) is 4.39 Å². The van der Waals surface area contributed by atoms with Crippen molar-refractivity contribution >= 4 is 0 Å². The van der Waals surface area contributed by atoms with E-state index in [4.69, 9.17) is 9.15 Å². The molecule has 2 aromatic rings. The van der Waals surface area contributed by atoms with Crippen molar-refractivity contribution in [2.24, 2.45) is 0 Å². The Morgan fingerprint density at radius 1 is 1.35 bits per heavy atom. The van der Waals surface area contributed by atoms with Crippen LogP contribution in [0.4, 0.5) is 4.39 Å². The first kappa shape index (κ1) is 11.7. The molecule has 0 atom stereocenters. The Bertz CT molecular complexity index is 482.